The summed E-state index contributed by atoms with van der Waals surface area (Å²) in [5.41, 5.74) is 3.73. The molecule has 0 aliphatic carbocycles. The van der Waals surface area contributed by atoms with Crippen molar-refractivity contribution < 1.29 is 14.1 Å². The summed E-state index contributed by atoms with van der Waals surface area (Å²) < 4.78 is 5.55. The molecule has 2 aromatic carbocycles. The minimum atomic E-state index is -0.117. The van der Waals surface area contributed by atoms with Gasteiger partial charge < -0.3 is 14.7 Å². The third-order valence-corrected chi connectivity index (χ3v) is 5.63. The molecule has 1 aliphatic heterocycles. The third-order valence-electron chi connectivity index (χ3n) is 5.63. The molecule has 0 bridgehead atoms. The van der Waals surface area contributed by atoms with Crippen LogP contribution in [0.2, 0.25) is 0 Å². The maximum absolute atomic E-state index is 12.9. The van der Waals surface area contributed by atoms with Crippen LogP contribution in [0.5, 0.6) is 0 Å². The second kappa shape index (κ2) is 9.12. The zero-order chi connectivity index (χ0) is 21.8. The summed E-state index contributed by atoms with van der Waals surface area (Å²) in [6.07, 6.45) is 2.24. The molecule has 7 heteroatoms. The van der Waals surface area contributed by atoms with Crippen molar-refractivity contribution in [2.45, 2.75) is 39.0 Å². The molecule has 1 aromatic heterocycles. The molecule has 2 amide bonds. The third kappa shape index (κ3) is 4.99. The Morgan fingerprint density at radius 2 is 1.94 bits per heavy atom. The molecule has 0 saturated carbocycles. The molecular formula is C24H26N4O3. The molecule has 0 radical (unpaired) electrons. The first-order chi connectivity index (χ1) is 15.0. The van der Waals surface area contributed by atoms with Gasteiger partial charge in [-0.15, -0.1) is 0 Å². The van der Waals surface area contributed by atoms with Crippen molar-refractivity contribution in [2.24, 2.45) is 0 Å². The summed E-state index contributed by atoms with van der Waals surface area (Å²) in [6.45, 7) is 4.85. The van der Waals surface area contributed by atoms with Crippen molar-refractivity contribution in [2.75, 3.05) is 18.4 Å². The SMILES string of the molecule is CC(=O)Nc1ccc(-c2noc([C@H]3CCCN(C(=O)Cc4ccccc4C)C3)n2)cc1. The van der Waals surface area contributed by atoms with Crippen molar-refractivity contribution >= 4 is 17.5 Å². The van der Waals surface area contributed by atoms with Crippen LogP contribution in [0.25, 0.3) is 11.4 Å². The number of hydrogen-bond donors (Lipinski definition) is 1. The predicted molar refractivity (Wildman–Crippen MR) is 117 cm³/mol. The van der Waals surface area contributed by atoms with Gasteiger partial charge in [-0.05, 0) is 55.2 Å². The topological polar surface area (TPSA) is 88.3 Å². The number of likely N-dealkylation sites (tertiary alicyclic amines) is 1. The largest absolute Gasteiger partial charge is 0.342 e. The standard InChI is InChI=1S/C24H26N4O3/c1-16-6-3-4-7-19(16)14-22(30)28-13-5-8-20(15-28)24-26-23(27-31-24)18-9-11-21(12-10-18)25-17(2)29/h3-4,6-7,9-12,20H,5,8,13-15H2,1-2H3,(H,25,29)/t20-/m0/s1. The lowest BCUT2D eigenvalue weighted by atomic mass is 9.97. The molecule has 1 fully saturated rings. The van der Waals surface area contributed by atoms with Crippen LogP contribution in [-0.2, 0) is 16.0 Å². The fourth-order valence-electron chi connectivity index (χ4n) is 3.91. The molecule has 1 N–H and O–H groups in total. The number of rotatable bonds is 5. The van der Waals surface area contributed by atoms with Crippen molar-refractivity contribution in [1.29, 1.82) is 0 Å². The second-order valence-electron chi connectivity index (χ2n) is 8.00. The fraction of sp³-hybridized carbons (Fsp3) is 0.333. The average Bonchev–Trinajstić information content (AvgIpc) is 3.26. The number of nitrogens with one attached hydrogen (secondary N) is 1. The van der Waals surface area contributed by atoms with Gasteiger partial charge in [-0.2, -0.15) is 4.98 Å². The van der Waals surface area contributed by atoms with Gasteiger partial charge in [-0.3, -0.25) is 9.59 Å². The number of hydrogen-bond acceptors (Lipinski definition) is 5. The fourth-order valence-corrected chi connectivity index (χ4v) is 3.91. The number of benzene rings is 2. The zero-order valence-corrected chi connectivity index (χ0v) is 17.8. The van der Waals surface area contributed by atoms with Crippen LogP contribution in [0, 0.1) is 6.92 Å². The van der Waals surface area contributed by atoms with Gasteiger partial charge in [0.2, 0.25) is 23.5 Å². The van der Waals surface area contributed by atoms with E-state index < -0.39 is 0 Å². The summed E-state index contributed by atoms with van der Waals surface area (Å²) in [7, 11) is 0. The molecule has 7 nitrogen and oxygen atoms in total. The summed E-state index contributed by atoms with van der Waals surface area (Å²) in [6, 6.07) is 15.3. The summed E-state index contributed by atoms with van der Waals surface area (Å²) in [5, 5.41) is 6.86. The molecule has 1 aliphatic rings. The molecule has 2 heterocycles. The Labute approximate surface area is 181 Å². The highest BCUT2D eigenvalue weighted by Gasteiger charge is 2.28. The molecule has 31 heavy (non-hydrogen) atoms. The van der Waals surface area contributed by atoms with E-state index in [-0.39, 0.29) is 17.7 Å². The molecule has 1 atom stereocenters. The predicted octanol–water partition coefficient (Wildman–Crippen LogP) is 3.95. The summed E-state index contributed by atoms with van der Waals surface area (Å²) in [5.74, 6) is 1.12. The molecule has 4 rings (SSSR count). The van der Waals surface area contributed by atoms with E-state index in [1.807, 2.05) is 48.2 Å². The number of anilines is 1. The normalized spacial score (nSPS) is 16.2. The quantitative estimate of drug-likeness (QED) is 0.678. The lowest BCUT2D eigenvalue weighted by molar-refractivity contribution is -0.131. The summed E-state index contributed by atoms with van der Waals surface area (Å²) >= 11 is 0. The number of aromatic nitrogens is 2. The van der Waals surface area contributed by atoms with E-state index in [2.05, 4.69) is 15.5 Å². The van der Waals surface area contributed by atoms with Crippen molar-refractivity contribution in [1.82, 2.24) is 15.0 Å². The Bertz CT molecular complexity index is 1070. The lowest BCUT2D eigenvalue weighted by Crippen LogP contribution is -2.40. The van der Waals surface area contributed by atoms with Gasteiger partial charge in [-0.25, -0.2) is 0 Å². The highest BCUT2D eigenvalue weighted by atomic mass is 16.5. The minimum Gasteiger partial charge on any atom is -0.342 e. The highest BCUT2D eigenvalue weighted by molar-refractivity contribution is 5.88. The van der Waals surface area contributed by atoms with Crippen LogP contribution in [0.1, 0.15) is 42.7 Å². The monoisotopic (exact) mass is 418 g/mol. The zero-order valence-electron chi connectivity index (χ0n) is 17.8. The highest BCUT2D eigenvalue weighted by Crippen LogP contribution is 2.28. The van der Waals surface area contributed by atoms with Crippen LogP contribution < -0.4 is 5.32 Å². The Morgan fingerprint density at radius 3 is 2.68 bits per heavy atom. The van der Waals surface area contributed by atoms with Crippen LogP contribution in [0.15, 0.2) is 53.1 Å². The van der Waals surface area contributed by atoms with E-state index in [0.29, 0.717) is 24.7 Å². The molecule has 0 unspecified atom stereocenters. The average molecular weight is 418 g/mol. The smallest absolute Gasteiger partial charge is 0.231 e. The number of nitrogens with zero attached hydrogens (tertiary/aromatic N) is 3. The number of amides is 2. The van der Waals surface area contributed by atoms with E-state index in [1.54, 1.807) is 12.1 Å². The van der Waals surface area contributed by atoms with E-state index >= 15 is 0 Å². The Kier molecular flexibility index (Phi) is 6.11. The molecule has 0 spiro atoms. The molecule has 160 valence electrons. The van der Waals surface area contributed by atoms with Gasteiger partial charge in [0, 0.05) is 31.3 Å². The van der Waals surface area contributed by atoms with Gasteiger partial charge in [-0.1, -0.05) is 29.4 Å². The van der Waals surface area contributed by atoms with Gasteiger partial charge in [0.15, 0.2) is 0 Å². The lowest BCUT2D eigenvalue weighted by Gasteiger charge is -2.31. The van der Waals surface area contributed by atoms with Crippen molar-refractivity contribution in [3.63, 3.8) is 0 Å². The number of piperidine rings is 1. The second-order valence-corrected chi connectivity index (χ2v) is 8.00. The van der Waals surface area contributed by atoms with Gasteiger partial charge >= 0.3 is 0 Å². The van der Waals surface area contributed by atoms with Gasteiger partial charge in [0.1, 0.15) is 0 Å². The Hall–Kier alpha value is -3.48. The Balaban J connectivity index is 1.42. The maximum Gasteiger partial charge on any atom is 0.231 e. The van der Waals surface area contributed by atoms with Crippen LogP contribution in [0.3, 0.4) is 0 Å². The number of carbonyl (C=O) groups excluding carboxylic acids is 2. The number of aryl methyl sites for hydroxylation is 1. The molecular weight excluding hydrogens is 392 g/mol. The maximum atomic E-state index is 12.9. The van der Waals surface area contributed by atoms with E-state index in [9.17, 15) is 9.59 Å². The molecule has 3 aromatic rings. The van der Waals surface area contributed by atoms with Gasteiger partial charge in [0.25, 0.3) is 0 Å². The van der Waals surface area contributed by atoms with E-state index in [1.165, 1.54) is 6.92 Å². The van der Waals surface area contributed by atoms with Crippen molar-refractivity contribution in [3.05, 3.63) is 65.5 Å². The first-order valence-corrected chi connectivity index (χ1v) is 10.5. The van der Waals surface area contributed by atoms with E-state index in [0.717, 1.165) is 41.8 Å². The number of carbonyl (C=O) groups is 2. The van der Waals surface area contributed by atoms with Crippen LogP contribution in [0.4, 0.5) is 5.69 Å². The first-order valence-electron chi connectivity index (χ1n) is 10.5. The van der Waals surface area contributed by atoms with Gasteiger partial charge in [0.05, 0.1) is 12.3 Å². The minimum absolute atomic E-state index is 0.0365. The first kappa shape index (κ1) is 20.8. The van der Waals surface area contributed by atoms with Crippen molar-refractivity contribution in [3.8, 4) is 11.4 Å². The molecule has 1 saturated heterocycles. The van der Waals surface area contributed by atoms with Crippen LogP contribution >= 0.6 is 0 Å². The van der Waals surface area contributed by atoms with E-state index in [4.69, 9.17) is 4.52 Å². The Morgan fingerprint density at radius 1 is 1.16 bits per heavy atom. The summed E-state index contributed by atoms with van der Waals surface area (Å²) in [4.78, 5) is 30.5. The van der Waals surface area contributed by atoms with Crippen LogP contribution in [-0.4, -0.2) is 39.9 Å².